The first-order valence-corrected chi connectivity index (χ1v) is 3.47. The smallest absolute Gasteiger partial charge is 0.369 e. The number of hydrogen-bond acceptors (Lipinski definition) is 1. The van der Waals surface area contributed by atoms with Crippen LogP contribution in [0.5, 0.6) is 5.75 Å². The summed E-state index contributed by atoms with van der Waals surface area (Å²) in [5, 5.41) is 0. The second-order valence-corrected chi connectivity index (χ2v) is 2.01. The lowest BCUT2D eigenvalue weighted by Crippen LogP contribution is -1.98. The van der Waals surface area contributed by atoms with E-state index in [-0.39, 0.29) is 0 Å². The summed E-state index contributed by atoms with van der Waals surface area (Å²) < 4.78 is 5.23. The van der Waals surface area contributed by atoms with Gasteiger partial charge in [-0.15, -0.1) is 0 Å². The predicted molar refractivity (Wildman–Crippen MR) is 43.3 cm³/mol. The van der Waals surface area contributed by atoms with Crippen molar-refractivity contribution in [2.75, 3.05) is 0 Å². The number of hydrogen-bond donors (Lipinski definition) is 0. The van der Waals surface area contributed by atoms with Crippen molar-refractivity contribution in [3.8, 4) is 5.75 Å². The van der Waals surface area contributed by atoms with E-state index in [0.29, 0.717) is 0 Å². The molecule has 0 fully saturated rings. The van der Waals surface area contributed by atoms with Crippen LogP contribution in [0, 0.1) is 0 Å². The maximum absolute atomic E-state index is 5.23. The van der Waals surface area contributed by atoms with Crippen molar-refractivity contribution >= 4 is 7.48 Å². The molecule has 0 spiro atoms. The maximum Gasteiger partial charge on any atom is 0.369 e. The van der Waals surface area contributed by atoms with Gasteiger partial charge in [0, 0.05) is 0 Å². The highest BCUT2D eigenvalue weighted by Crippen LogP contribution is 2.07. The molecule has 1 rings (SSSR count). The molecule has 1 aromatic carbocycles. The Hall–Kier alpha value is -0.915. The Labute approximate surface area is 62.3 Å². The zero-order valence-corrected chi connectivity index (χ0v) is 6.08. The van der Waals surface area contributed by atoms with Crippen molar-refractivity contribution in [2.24, 2.45) is 0 Å². The van der Waals surface area contributed by atoms with Gasteiger partial charge in [0.25, 0.3) is 0 Å². The summed E-state index contributed by atoms with van der Waals surface area (Å²) in [6.07, 6.45) is 0.939. The first-order valence-electron chi connectivity index (χ1n) is 3.47. The molecule has 10 heavy (non-hydrogen) atoms. The molecule has 0 amide bonds. The van der Waals surface area contributed by atoms with Gasteiger partial charge < -0.3 is 4.65 Å². The van der Waals surface area contributed by atoms with Crippen LogP contribution in [0.15, 0.2) is 30.3 Å². The molecule has 0 aliphatic rings. The van der Waals surface area contributed by atoms with Crippen LogP contribution in [0.3, 0.4) is 0 Å². The summed E-state index contributed by atoms with van der Waals surface area (Å²) >= 11 is 0. The monoisotopic (exact) mass is 133 g/mol. The van der Waals surface area contributed by atoms with E-state index in [0.717, 1.165) is 12.1 Å². The van der Waals surface area contributed by atoms with Crippen LogP contribution in [0.4, 0.5) is 0 Å². The van der Waals surface area contributed by atoms with E-state index < -0.39 is 0 Å². The summed E-state index contributed by atoms with van der Waals surface area (Å²) in [4.78, 5) is 0. The molecule has 0 saturated carbocycles. The van der Waals surface area contributed by atoms with Crippen molar-refractivity contribution < 1.29 is 4.65 Å². The van der Waals surface area contributed by atoms with Crippen LogP contribution >= 0.6 is 0 Å². The minimum Gasteiger partial charge on any atom is -0.563 e. The lowest BCUT2D eigenvalue weighted by Gasteiger charge is -2.00. The minimum absolute atomic E-state index is 0.907. The van der Waals surface area contributed by atoms with E-state index in [1.165, 1.54) is 0 Å². The third-order valence-corrected chi connectivity index (χ3v) is 1.13. The summed E-state index contributed by atoms with van der Waals surface area (Å²) in [6, 6.07) is 9.76. The Morgan fingerprint density at radius 1 is 1.30 bits per heavy atom. The van der Waals surface area contributed by atoms with Gasteiger partial charge in [0.2, 0.25) is 0 Å². The van der Waals surface area contributed by atoms with Crippen LogP contribution in [-0.4, -0.2) is 7.48 Å². The van der Waals surface area contributed by atoms with Crippen molar-refractivity contribution in [2.45, 2.75) is 13.2 Å². The summed E-state index contributed by atoms with van der Waals surface area (Å²) in [5.41, 5.74) is 0. The van der Waals surface area contributed by atoms with Gasteiger partial charge in [-0.05, 0) is 18.5 Å². The van der Waals surface area contributed by atoms with E-state index in [2.05, 4.69) is 0 Å². The summed E-state index contributed by atoms with van der Waals surface area (Å²) in [5.74, 6) is 0.907. The highest BCUT2D eigenvalue weighted by Gasteiger charge is 1.89. The summed E-state index contributed by atoms with van der Waals surface area (Å²) in [7, 11) is 1.79. The molecular weight excluding hydrogens is 123 g/mol. The number of benzene rings is 1. The fourth-order valence-corrected chi connectivity index (χ4v) is 0.679. The molecule has 0 atom stereocenters. The Morgan fingerprint density at radius 2 is 2.00 bits per heavy atom. The third-order valence-electron chi connectivity index (χ3n) is 1.13. The van der Waals surface area contributed by atoms with Gasteiger partial charge in [-0.2, -0.15) is 0 Å². The standard InChI is InChI=1S/C8H10BO/c1-2-9-10-8-6-4-3-5-7-8/h3-7H,2H2,1H3. The van der Waals surface area contributed by atoms with Gasteiger partial charge in [0.15, 0.2) is 0 Å². The van der Waals surface area contributed by atoms with Gasteiger partial charge in [0.1, 0.15) is 0 Å². The van der Waals surface area contributed by atoms with Crippen LogP contribution < -0.4 is 4.65 Å². The normalized spacial score (nSPS) is 8.90. The van der Waals surface area contributed by atoms with Crippen LogP contribution in [0.1, 0.15) is 6.92 Å². The van der Waals surface area contributed by atoms with Crippen molar-refractivity contribution in [1.82, 2.24) is 0 Å². The van der Waals surface area contributed by atoms with Crippen LogP contribution in [-0.2, 0) is 0 Å². The molecular formula is C8H10BO. The first kappa shape index (κ1) is 7.20. The fraction of sp³-hybridized carbons (Fsp3) is 0.250. The average Bonchev–Trinajstić information content (AvgIpc) is 2.03. The molecule has 0 saturated heterocycles. The van der Waals surface area contributed by atoms with E-state index >= 15 is 0 Å². The van der Waals surface area contributed by atoms with Gasteiger partial charge >= 0.3 is 7.48 Å². The summed E-state index contributed by atoms with van der Waals surface area (Å²) in [6.45, 7) is 2.04. The zero-order valence-electron chi connectivity index (χ0n) is 6.08. The van der Waals surface area contributed by atoms with Crippen molar-refractivity contribution in [1.29, 1.82) is 0 Å². The highest BCUT2D eigenvalue weighted by atomic mass is 16.4. The van der Waals surface area contributed by atoms with E-state index in [1.807, 2.05) is 37.3 Å². The van der Waals surface area contributed by atoms with Crippen LogP contribution in [0.2, 0.25) is 6.32 Å². The largest absolute Gasteiger partial charge is 0.563 e. The lowest BCUT2D eigenvalue weighted by molar-refractivity contribution is 0.594. The van der Waals surface area contributed by atoms with Crippen LogP contribution in [0.25, 0.3) is 0 Å². The molecule has 1 aromatic rings. The lowest BCUT2D eigenvalue weighted by atomic mass is 9.97. The van der Waals surface area contributed by atoms with Gasteiger partial charge in [-0.25, -0.2) is 0 Å². The number of rotatable bonds is 3. The molecule has 0 aliphatic heterocycles. The third kappa shape index (κ3) is 2.13. The molecule has 2 heteroatoms. The molecule has 0 aromatic heterocycles. The van der Waals surface area contributed by atoms with Gasteiger partial charge in [-0.1, -0.05) is 25.1 Å². The molecule has 0 aliphatic carbocycles. The predicted octanol–water partition coefficient (Wildman–Crippen LogP) is 2.12. The second kappa shape index (κ2) is 3.99. The van der Waals surface area contributed by atoms with Crippen molar-refractivity contribution in [3.05, 3.63) is 30.3 Å². The molecule has 1 nitrogen and oxygen atoms in total. The second-order valence-electron chi connectivity index (χ2n) is 2.01. The topological polar surface area (TPSA) is 9.23 Å². The first-order chi connectivity index (χ1) is 4.93. The highest BCUT2D eigenvalue weighted by molar-refractivity contribution is 6.28. The Bertz CT molecular complexity index is 174. The minimum atomic E-state index is 0.907. The molecule has 0 bridgehead atoms. The quantitative estimate of drug-likeness (QED) is 0.573. The maximum atomic E-state index is 5.23. The Morgan fingerprint density at radius 3 is 2.60 bits per heavy atom. The van der Waals surface area contributed by atoms with E-state index in [9.17, 15) is 0 Å². The average molecular weight is 133 g/mol. The van der Waals surface area contributed by atoms with Crippen molar-refractivity contribution in [3.63, 3.8) is 0 Å². The Kier molecular flexibility index (Phi) is 2.87. The van der Waals surface area contributed by atoms with Gasteiger partial charge in [0.05, 0.1) is 5.75 Å². The zero-order chi connectivity index (χ0) is 7.23. The fourth-order valence-electron chi connectivity index (χ4n) is 0.679. The van der Waals surface area contributed by atoms with E-state index in [4.69, 9.17) is 4.65 Å². The van der Waals surface area contributed by atoms with Gasteiger partial charge in [-0.3, -0.25) is 0 Å². The molecule has 0 heterocycles. The molecule has 51 valence electrons. The van der Waals surface area contributed by atoms with E-state index in [1.54, 1.807) is 7.48 Å². The molecule has 0 N–H and O–H groups in total. The molecule has 0 unspecified atom stereocenters. The number of para-hydroxylation sites is 1. The molecule has 1 radical (unpaired) electrons. The Balaban J connectivity index is 2.43. The SMILES string of the molecule is CC[B]Oc1ccccc1.